The van der Waals surface area contributed by atoms with Gasteiger partial charge >= 0.3 is 0 Å². The maximum atomic E-state index is 12.5. The minimum absolute atomic E-state index is 0.0421. The molecule has 1 aromatic rings. The SMILES string of the molecule is CC(=O)N1N=C(C2CCC3C4CC=C5CC(O)CC[C@]5(C)C4CC[C@]23C)CC1c1ccccc1. The van der Waals surface area contributed by atoms with Crippen LogP contribution in [0.25, 0.3) is 0 Å². The molecule has 0 saturated heterocycles. The quantitative estimate of drug-likeness (QED) is 0.528. The summed E-state index contributed by atoms with van der Waals surface area (Å²) < 4.78 is 0. The summed E-state index contributed by atoms with van der Waals surface area (Å²) >= 11 is 0. The Morgan fingerprint density at radius 3 is 2.59 bits per heavy atom. The number of amides is 1. The van der Waals surface area contributed by atoms with E-state index in [1.807, 2.05) is 6.07 Å². The summed E-state index contributed by atoms with van der Waals surface area (Å²) in [7, 11) is 0. The minimum atomic E-state index is -0.136. The molecule has 3 saturated carbocycles. The smallest absolute Gasteiger partial charge is 0.240 e. The molecule has 34 heavy (non-hydrogen) atoms. The number of nitrogens with zero attached hydrogens (tertiary/aromatic N) is 2. The van der Waals surface area contributed by atoms with Gasteiger partial charge in [0, 0.05) is 25.0 Å². The lowest BCUT2D eigenvalue weighted by atomic mass is 9.47. The highest BCUT2D eigenvalue weighted by molar-refractivity contribution is 5.92. The van der Waals surface area contributed by atoms with E-state index >= 15 is 0 Å². The fourth-order valence-corrected chi connectivity index (χ4v) is 9.16. The van der Waals surface area contributed by atoms with Gasteiger partial charge in [0.05, 0.1) is 12.1 Å². The van der Waals surface area contributed by atoms with Crippen molar-refractivity contribution < 1.29 is 9.90 Å². The number of aliphatic hydroxyl groups excluding tert-OH is 1. The summed E-state index contributed by atoms with van der Waals surface area (Å²) in [5.41, 5.74) is 4.58. The van der Waals surface area contributed by atoms with Crippen molar-refractivity contribution in [1.82, 2.24) is 5.01 Å². The first kappa shape index (κ1) is 22.5. The average molecular weight is 461 g/mol. The molecule has 4 heteroatoms. The van der Waals surface area contributed by atoms with Crippen molar-refractivity contribution in [1.29, 1.82) is 0 Å². The van der Waals surface area contributed by atoms with Crippen LogP contribution in [0.3, 0.4) is 0 Å². The molecule has 6 unspecified atom stereocenters. The van der Waals surface area contributed by atoms with Crippen LogP contribution in [0.5, 0.6) is 0 Å². The van der Waals surface area contributed by atoms with Crippen molar-refractivity contribution in [3.8, 4) is 0 Å². The number of rotatable bonds is 2. The number of allylic oxidation sites excluding steroid dienone is 1. The zero-order valence-electron chi connectivity index (χ0n) is 21.0. The Bertz CT molecular complexity index is 1030. The number of benzene rings is 1. The second-order valence-electron chi connectivity index (χ2n) is 12.4. The van der Waals surface area contributed by atoms with Crippen LogP contribution in [0, 0.1) is 34.5 Å². The highest BCUT2D eigenvalue weighted by Crippen LogP contribution is 2.66. The van der Waals surface area contributed by atoms with Crippen LogP contribution in [0.15, 0.2) is 47.1 Å². The van der Waals surface area contributed by atoms with E-state index in [2.05, 4.69) is 44.2 Å². The molecule has 8 atom stereocenters. The Hall–Kier alpha value is -1.94. The molecule has 0 aromatic heterocycles. The zero-order valence-corrected chi connectivity index (χ0v) is 21.0. The van der Waals surface area contributed by atoms with Crippen molar-refractivity contribution >= 4 is 11.6 Å². The van der Waals surface area contributed by atoms with Gasteiger partial charge in [-0.15, -0.1) is 0 Å². The van der Waals surface area contributed by atoms with E-state index in [-0.39, 0.29) is 28.9 Å². The number of hydrogen-bond donors (Lipinski definition) is 1. The molecule has 4 aliphatic carbocycles. The largest absolute Gasteiger partial charge is 0.393 e. The molecule has 1 aliphatic heterocycles. The molecular formula is C30H40N2O2. The summed E-state index contributed by atoms with van der Waals surface area (Å²) in [5.74, 6) is 2.78. The molecule has 1 N–H and O–H groups in total. The van der Waals surface area contributed by atoms with Crippen molar-refractivity contribution in [2.75, 3.05) is 0 Å². The van der Waals surface area contributed by atoms with Crippen molar-refractivity contribution in [2.24, 2.45) is 39.6 Å². The van der Waals surface area contributed by atoms with Gasteiger partial charge in [-0.05, 0) is 85.5 Å². The maximum absolute atomic E-state index is 12.5. The highest BCUT2D eigenvalue weighted by atomic mass is 16.3. The Kier molecular flexibility index (Phi) is 5.33. The molecule has 1 amide bonds. The summed E-state index contributed by atoms with van der Waals surface area (Å²) in [6.45, 7) is 6.71. The Morgan fingerprint density at radius 2 is 1.82 bits per heavy atom. The molecule has 1 heterocycles. The highest BCUT2D eigenvalue weighted by Gasteiger charge is 2.59. The number of hydrogen-bond acceptors (Lipinski definition) is 3. The van der Waals surface area contributed by atoms with E-state index in [0.717, 1.165) is 43.4 Å². The van der Waals surface area contributed by atoms with Gasteiger partial charge < -0.3 is 5.11 Å². The number of carbonyl (C=O) groups is 1. The first-order valence-corrected chi connectivity index (χ1v) is 13.6. The van der Waals surface area contributed by atoms with Gasteiger partial charge in [0.2, 0.25) is 5.91 Å². The van der Waals surface area contributed by atoms with E-state index in [1.165, 1.54) is 43.4 Å². The van der Waals surface area contributed by atoms with E-state index in [4.69, 9.17) is 5.10 Å². The molecule has 3 fully saturated rings. The molecule has 1 aromatic carbocycles. The third-order valence-corrected chi connectivity index (χ3v) is 10.9. The van der Waals surface area contributed by atoms with E-state index < -0.39 is 0 Å². The van der Waals surface area contributed by atoms with Gasteiger partial charge in [0.1, 0.15) is 0 Å². The van der Waals surface area contributed by atoms with Gasteiger partial charge in [-0.25, -0.2) is 5.01 Å². The lowest BCUT2D eigenvalue weighted by Crippen LogP contribution is -2.51. The number of fused-ring (bicyclic) bond motifs is 5. The lowest BCUT2D eigenvalue weighted by molar-refractivity contribution is -0.130. The van der Waals surface area contributed by atoms with Gasteiger partial charge in [-0.2, -0.15) is 5.10 Å². The van der Waals surface area contributed by atoms with Crippen LogP contribution in [0.2, 0.25) is 0 Å². The van der Waals surface area contributed by atoms with Crippen LogP contribution in [-0.4, -0.2) is 27.8 Å². The maximum Gasteiger partial charge on any atom is 0.240 e. The van der Waals surface area contributed by atoms with Gasteiger partial charge in [0.15, 0.2) is 0 Å². The fourth-order valence-electron chi connectivity index (χ4n) is 9.16. The van der Waals surface area contributed by atoms with Crippen LogP contribution >= 0.6 is 0 Å². The molecular weight excluding hydrogens is 420 g/mol. The summed E-state index contributed by atoms with van der Waals surface area (Å²) in [5, 5.41) is 17.1. The van der Waals surface area contributed by atoms with Gasteiger partial charge in [-0.3, -0.25) is 4.79 Å². The van der Waals surface area contributed by atoms with Crippen molar-refractivity contribution in [2.45, 2.75) is 90.7 Å². The van der Waals surface area contributed by atoms with Crippen LogP contribution in [-0.2, 0) is 4.79 Å². The lowest BCUT2D eigenvalue weighted by Gasteiger charge is -2.58. The normalized spacial score (nSPS) is 43.5. The predicted octanol–water partition coefficient (Wildman–Crippen LogP) is 6.28. The van der Waals surface area contributed by atoms with Crippen LogP contribution in [0.1, 0.15) is 90.2 Å². The fraction of sp³-hybridized carbons (Fsp3) is 0.667. The number of hydrazone groups is 1. The van der Waals surface area contributed by atoms with Gasteiger partial charge in [0.25, 0.3) is 0 Å². The van der Waals surface area contributed by atoms with E-state index in [1.54, 1.807) is 17.5 Å². The first-order chi connectivity index (χ1) is 16.3. The summed E-state index contributed by atoms with van der Waals surface area (Å²) in [4.78, 5) is 12.5. The molecule has 4 nitrogen and oxygen atoms in total. The van der Waals surface area contributed by atoms with E-state index in [0.29, 0.717) is 5.92 Å². The summed E-state index contributed by atoms with van der Waals surface area (Å²) in [6.07, 6.45) is 12.5. The predicted molar refractivity (Wildman–Crippen MR) is 135 cm³/mol. The molecule has 0 spiro atoms. The van der Waals surface area contributed by atoms with Crippen LogP contribution < -0.4 is 0 Å². The Labute approximate surface area is 204 Å². The zero-order chi connectivity index (χ0) is 23.7. The standard InChI is InChI=1S/C30H40N2O2/c1-19(33)32-28(20-7-5-4-6-8-20)18-27(31-32)26-12-11-24-23-10-9-21-17-22(34)13-15-29(21,2)25(23)14-16-30(24,26)3/h4-9,22-26,28,34H,10-18H2,1-3H3/t22?,23?,24?,25?,26?,28?,29-,30-/m0/s1. The van der Waals surface area contributed by atoms with Crippen LogP contribution in [0.4, 0.5) is 0 Å². The summed E-state index contributed by atoms with van der Waals surface area (Å²) in [6, 6.07) is 10.5. The monoisotopic (exact) mass is 460 g/mol. The van der Waals surface area contributed by atoms with Crippen molar-refractivity contribution in [3.63, 3.8) is 0 Å². The second kappa shape index (κ2) is 8.05. The second-order valence-corrected chi connectivity index (χ2v) is 12.4. The first-order valence-electron chi connectivity index (χ1n) is 13.6. The topological polar surface area (TPSA) is 52.9 Å². The number of aliphatic hydroxyl groups is 1. The third kappa shape index (κ3) is 3.27. The van der Waals surface area contributed by atoms with Crippen molar-refractivity contribution in [3.05, 3.63) is 47.5 Å². The number of carbonyl (C=O) groups excluding carboxylic acids is 1. The molecule has 0 bridgehead atoms. The van der Waals surface area contributed by atoms with Gasteiger partial charge in [-0.1, -0.05) is 55.8 Å². The van der Waals surface area contributed by atoms with E-state index in [9.17, 15) is 9.90 Å². The molecule has 182 valence electrons. The third-order valence-electron chi connectivity index (χ3n) is 10.9. The average Bonchev–Trinajstić information content (AvgIpc) is 3.41. The molecule has 6 rings (SSSR count). The Balaban J connectivity index is 1.27. The Morgan fingerprint density at radius 1 is 1.03 bits per heavy atom. The minimum Gasteiger partial charge on any atom is -0.393 e. The molecule has 0 radical (unpaired) electrons. The molecule has 5 aliphatic rings.